The topological polar surface area (TPSA) is 21.3 Å². The molecule has 2 rings (SSSR count). The van der Waals surface area contributed by atoms with E-state index < -0.39 is 11.6 Å². The number of hydrogen-bond donors (Lipinski definition) is 1. The molecule has 21 heavy (non-hydrogen) atoms. The number of nitrogens with one attached hydrogen (secondary N) is 1. The third-order valence-electron chi connectivity index (χ3n) is 3.19. The van der Waals surface area contributed by atoms with Crippen LogP contribution in [-0.2, 0) is 0 Å². The fourth-order valence-electron chi connectivity index (χ4n) is 2.27. The van der Waals surface area contributed by atoms with Gasteiger partial charge >= 0.3 is 0 Å². The van der Waals surface area contributed by atoms with Gasteiger partial charge in [-0.2, -0.15) is 0 Å². The van der Waals surface area contributed by atoms with Crippen molar-refractivity contribution in [2.24, 2.45) is 0 Å². The smallest absolute Gasteiger partial charge is 0.159 e. The molecule has 1 atom stereocenters. The number of ether oxygens (including phenoxy) is 1. The molecule has 0 aromatic heterocycles. The van der Waals surface area contributed by atoms with E-state index in [9.17, 15) is 8.78 Å². The van der Waals surface area contributed by atoms with E-state index >= 15 is 0 Å². The zero-order chi connectivity index (χ0) is 15.2. The van der Waals surface area contributed by atoms with Gasteiger partial charge in [-0.25, -0.2) is 8.78 Å². The van der Waals surface area contributed by atoms with Crippen molar-refractivity contribution in [3.8, 4) is 5.75 Å². The predicted molar refractivity (Wildman–Crippen MR) is 79.5 cm³/mol. The van der Waals surface area contributed by atoms with Crippen LogP contribution in [0, 0.1) is 11.6 Å². The fraction of sp³-hybridized carbons (Fsp3) is 0.294. The molecule has 2 aromatic rings. The Morgan fingerprint density at radius 1 is 1.00 bits per heavy atom. The van der Waals surface area contributed by atoms with E-state index in [1.165, 1.54) is 6.07 Å². The Morgan fingerprint density at radius 2 is 1.76 bits per heavy atom. The highest BCUT2D eigenvalue weighted by Gasteiger charge is 2.15. The summed E-state index contributed by atoms with van der Waals surface area (Å²) in [6, 6.07) is 11.4. The number of halogens is 2. The normalized spacial score (nSPS) is 12.2. The van der Waals surface area contributed by atoms with Crippen molar-refractivity contribution in [1.29, 1.82) is 0 Å². The summed E-state index contributed by atoms with van der Waals surface area (Å²) in [6.07, 6.45) is 0. The molecule has 0 heterocycles. The van der Waals surface area contributed by atoms with E-state index in [1.807, 2.05) is 38.1 Å². The first kappa shape index (κ1) is 15.4. The minimum Gasteiger partial charge on any atom is -0.494 e. The molecule has 0 aliphatic carbocycles. The van der Waals surface area contributed by atoms with Crippen molar-refractivity contribution >= 4 is 0 Å². The highest BCUT2D eigenvalue weighted by molar-refractivity contribution is 5.37. The Hall–Kier alpha value is -1.94. The molecular formula is C17H19F2NO. The lowest BCUT2D eigenvalue weighted by atomic mass is 9.98. The van der Waals surface area contributed by atoms with Crippen LogP contribution in [0.4, 0.5) is 8.78 Å². The maximum absolute atomic E-state index is 13.5. The summed E-state index contributed by atoms with van der Waals surface area (Å²) in [4.78, 5) is 0. The lowest BCUT2D eigenvalue weighted by molar-refractivity contribution is 0.339. The fourth-order valence-corrected chi connectivity index (χ4v) is 2.27. The molecular weight excluding hydrogens is 272 g/mol. The van der Waals surface area contributed by atoms with Crippen molar-refractivity contribution in [3.05, 3.63) is 65.2 Å². The molecule has 0 radical (unpaired) electrons. The third-order valence-corrected chi connectivity index (χ3v) is 3.19. The van der Waals surface area contributed by atoms with Crippen molar-refractivity contribution in [2.45, 2.75) is 19.9 Å². The van der Waals surface area contributed by atoms with E-state index in [2.05, 4.69) is 5.32 Å². The highest BCUT2D eigenvalue weighted by atomic mass is 19.2. The first-order valence-electron chi connectivity index (χ1n) is 7.06. The van der Waals surface area contributed by atoms with Crippen molar-refractivity contribution < 1.29 is 13.5 Å². The van der Waals surface area contributed by atoms with Gasteiger partial charge in [0.15, 0.2) is 11.6 Å². The van der Waals surface area contributed by atoms with Gasteiger partial charge in [-0.05, 0) is 48.9 Å². The molecule has 1 unspecified atom stereocenters. The minimum atomic E-state index is -0.837. The van der Waals surface area contributed by atoms with Gasteiger partial charge in [-0.15, -0.1) is 0 Å². The SMILES string of the molecule is CCNC(c1cccc(OCC)c1)c1ccc(F)c(F)c1. The molecule has 0 saturated carbocycles. The summed E-state index contributed by atoms with van der Waals surface area (Å²) >= 11 is 0. The zero-order valence-electron chi connectivity index (χ0n) is 12.2. The molecule has 0 aliphatic heterocycles. The van der Waals surface area contributed by atoms with Crippen LogP contribution in [0.3, 0.4) is 0 Å². The van der Waals surface area contributed by atoms with E-state index in [0.29, 0.717) is 18.7 Å². The van der Waals surface area contributed by atoms with Crippen molar-refractivity contribution in [1.82, 2.24) is 5.32 Å². The highest BCUT2D eigenvalue weighted by Crippen LogP contribution is 2.26. The first-order chi connectivity index (χ1) is 10.2. The molecule has 112 valence electrons. The molecule has 4 heteroatoms. The van der Waals surface area contributed by atoms with Crippen LogP contribution in [0.5, 0.6) is 5.75 Å². The van der Waals surface area contributed by atoms with Crippen LogP contribution >= 0.6 is 0 Å². The Labute approximate surface area is 123 Å². The predicted octanol–water partition coefficient (Wildman–Crippen LogP) is 4.06. The molecule has 2 aromatic carbocycles. The van der Waals surface area contributed by atoms with Crippen LogP contribution in [-0.4, -0.2) is 13.2 Å². The second-order valence-electron chi connectivity index (χ2n) is 4.67. The van der Waals surface area contributed by atoms with E-state index in [-0.39, 0.29) is 6.04 Å². The molecule has 0 amide bonds. The number of rotatable bonds is 6. The monoisotopic (exact) mass is 291 g/mol. The lowest BCUT2D eigenvalue weighted by Crippen LogP contribution is -2.22. The summed E-state index contributed by atoms with van der Waals surface area (Å²) in [5.74, 6) is -0.908. The van der Waals surface area contributed by atoms with Crippen LogP contribution in [0.1, 0.15) is 31.0 Å². The Morgan fingerprint density at radius 3 is 2.43 bits per heavy atom. The lowest BCUT2D eigenvalue weighted by Gasteiger charge is -2.20. The van der Waals surface area contributed by atoms with Crippen LogP contribution in [0.25, 0.3) is 0 Å². The molecule has 0 fully saturated rings. The second kappa shape index (κ2) is 7.18. The van der Waals surface area contributed by atoms with Crippen LogP contribution < -0.4 is 10.1 Å². The number of hydrogen-bond acceptors (Lipinski definition) is 2. The quantitative estimate of drug-likeness (QED) is 0.866. The van der Waals surface area contributed by atoms with Crippen LogP contribution in [0.2, 0.25) is 0 Å². The van der Waals surface area contributed by atoms with E-state index in [4.69, 9.17) is 4.74 Å². The molecule has 0 spiro atoms. The standard InChI is InChI=1S/C17H19F2NO/c1-3-20-17(13-8-9-15(18)16(19)11-13)12-6-5-7-14(10-12)21-4-2/h5-11,17,20H,3-4H2,1-2H3. The Kier molecular flexibility index (Phi) is 5.28. The summed E-state index contributed by atoms with van der Waals surface area (Å²) < 4.78 is 32.1. The van der Waals surface area contributed by atoms with Gasteiger partial charge in [-0.1, -0.05) is 25.1 Å². The average molecular weight is 291 g/mol. The molecule has 2 nitrogen and oxygen atoms in total. The molecule has 0 saturated heterocycles. The second-order valence-corrected chi connectivity index (χ2v) is 4.67. The van der Waals surface area contributed by atoms with Gasteiger partial charge in [0.2, 0.25) is 0 Å². The average Bonchev–Trinajstić information content (AvgIpc) is 2.48. The maximum atomic E-state index is 13.5. The summed E-state index contributed by atoms with van der Waals surface area (Å²) in [7, 11) is 0. The van der Waals surface area contributed by atoms with Crippen molar-refractivity contribution in [3.63, 3.8) is 0 Å². The maximum Gasteiger partial charge on any atom is 0.159 e. The van der Waals surface area contributed by atoms with Gasteiger partial charge in [0.05, 0.1) is 12.6 Å². The summed E-state index contributed by atoms with van der Waals surface area (Å²) in [6.45, 7) is 5.19. The zero-order valence-corrected chi connectivity index (χ0v) is 12.2. The van der Waals surface area contributed by atoms with Gasteiger partial charge in [0, 0.05) is 0 Å². The summed E-state index contributed by atoms with van der Waals surface area (Å²) in [5, 5.41) is 3.29. The molecule has 0 bridgehead atoms. The minimum absolute atomic E-state index is 0.203. The Bertz CT molecular complexity index is 601. The van der Waals surface area contributed by atoms with Gasteiger partial charge in [0.1, 0.15) is 5.75 Å². The first-order valence-corrected chi connectivity index (χ1v) is 7.06. The van der Waals surface area contributed by atoms with Crippen LogP contribution in [0.15, 0.2) is 42.5 Å². The number of benzene rings is 2. The third kappa shape index (κ3) is 3.79. The van der Waals surface area contributed by atoms with Gasteiger partial charge in [0.25, 0.3) is 0 Å². The molecule has 1 N–H and O–H groups in total. The van der Waals surface area contributed by atoms with Gasteiger partial charge < -0.3 is 10.1 Å². The molecule has 0 aliphatic rings. The van der Waals surface area contributed by atoms with E-state index in [0.717, 1.165) is 17.4 Å². The Balaban J connectivity index is 2.37. The van der Waals surface area contributed by atoms with E-state index in [1.54, 1.807) is 6.07 Å². The van der Waals surface area contributed by atoms with Gasteiger partial charge in [-0.3, -0.25) is 0 Å². The van der Waals surface area contributed by atoms with Crippen molar-refractivity contribution in [2.75, 3.05) is 13.2 Å². The summed E-state index contributed by atoms with van der Waals surface area (Å²) in [5.41, 5.74) is 1.64. The largest absolute Gasteiger partial charge is 0.494 e.